The zero-order valence-electron chi connectivity index (χ0n) is 9.09. The van der Waals surface area contributed by atoms with E-state index in [1.807, 2.05) is 28.7 Å². The maximum Gasteiger partial charge on any atom is 0.182 e. The predicted molar refractivity (Wildman–Crippen MR) is 62.3 cm³/mol. The fraction of sp³-hybridized carbons (Fsp3) is 0.250. The molecule has 2 aromatic heterocycles. The van der Waals surface area contributed by atoms with Crippen LogP contribution in [0.4, 0.5) is 0 Å². The first-order chi connectivity index (χ1) is 7.90. The summed E-state index contributed by atoms with van der Waals surface area (Å²) in [6.45, 7) is 2.14. The van der Waals surface area contributed by atoms with Crippen LogP contribution in [0.15, 0.2) is 30.6 Å². The van der Waals surface area contributed by atoms with Crippen LogP contribution in [0.25, 0.3) is 16.7 Å². The predicted octanol–water partition coefficient (Wildman–Crippen LogP) is 2.23. The van der Waals surface area contributed by atoms with Crippen LogP contribution in [0.5, 0.6) is 0 Å². The van der Waals surface area contributed by atoms with Gasteiger partial charge >= 0.3 is 0 Å². The van der Waals surface area contributed by atoms with Crippen molar-refractivity contribution in [2.24, 2.45) is 0 Å². The van der Waals surface area contributed by atoms with Gasteiger partial charge < -0.3 is 0 Å². The molecule has 0 fully saturated rings. The number of aryl methyl sites for hydroxylation is 1. The van der Waals surface area contributed by atoms with Crippen molar-refractivity contribution < 1.29 is 0 Å². The molecule has 0 bridgehead atoms. The molecule has 0 aliphatic heterocycles. The number of hydrogen-bond donors (Lipinski definition) is 0. The van der Waals surface area contributed by atoms with Gasteiger partial charge in [0.05, 0.1) is 16.7 Å². The second-order valence-corrected chi connectivity index (χ2v) is 3.82. The molecule has 0 N–H and O–H groups in total. The zero-order chi connectivity index (χ0) is 11.0. The summed E-state index contributed by atoms with van der Waals surface area (Å²) in [6, 6.07) is 8.06. The maximum atomic E-state index is 4.64. The Morgan fingerprint density at radius 1 is 1.25 bits per heavy atom. The van der Waals surface area contributed by atoms with Gasteiger partial charge in [-0.25, -0.2) is 4.98 Å². The molecule has 80 valence electrons. The molecule has 0 aliphatic carbocycles. The van der Waals surface area contributed by atoms with Gasteiger partial charge in [-0.1, -0.05) is 25.5 Å². The van der Waals surface area contributed by atoms with E-state index in [1.165, 1.54) is 0 Å². The lowest BCUT2D eigenvalue weighted by Gasteiger charge is -2.04. The summed E-state index contributed by atoms with van der Waals surface area (Å²) < 4.78 is 2.01. The quantitative estimate of drug-likeness (QED) is 0.654. The monoisotopic (exact) mass is 212 g/mol. The van der Waals surface area contributed by atoms with Crippen LogP contribution in [0, 0.1) is 0 Å². The number of fused-ring (bicyclic) bond motifs is 3. The Labute approximate surface area is 93.0 Å². The highest BCUT2D eigenvalue weighted by Gasteiger charge is 2.08. The summed E-state index contributed by atoms with van der Waals surface area (Å²) in [5.74, 6) is 0. The molecule has 3 rings (SSSR count). The van der Waals surface area contributed by atoms with Crippen LogP contribution in [0.3, 0.4) is 0 Å². The topological polar surface area (TPSA) is 43.1 Å². The smallest absolute Gasteiger partial charge is 0.182 e. The lowest BCUT2D eigenvalue weighted by molar-refractivity contribution is 0.885. The van der Waals surface area contributed by atoms with Crippen molar-refractivity contribution in [3.8, 4) is 0 Å². The van der Waals surface area contributed by atoms with Crippen molar-refractivity contribution in [2.45, 2.75) is 19.8 Å². The zero-order valence-corrected chi connectivity index (χ0v) is 9.09. The highest BCUT2D eigenvalue weighted by atomic mass is 15.2. The van der Waals surface area contributed by atoms with Gasteiger partial charge in [-0.05, 0) is 18.6 Å². The van der Waals surface area contributed by atoms with Gasteiger partial charge in [0, 0.05) is 0 Å². The first-order valence-electron chi connectivity index (χ1n) is 5.47. The molecule has 1 aromatic carbocycles. The van der Waals surface area contributed by atoms with E-state index in [-0.39, 0.29) is 0 Å². The Hall–Kier alpha value is -1.97. The molecule has 0 saturated carbocycles. The molecule has 3 aromatic rings. The minimum atomic E-state index is 0.876. The number of benzene rings is 1. The van der Waals surface area contributed by atoms with Crippen LogP contribution in [0.2, 0.25) is 0 Å². The molecule has 0 atom stereocenters. The fourth-order valence-corrected chi connectivity index (χ4v) is 1.97. The Bertz CT molecular complexity index is 642. The Morgan fingerprint density at radius 3 is 3.00 bits per heavy atom. The molecule has 0 unspecified atom stereocenters. The second-order valence-electron chi connectivity index (χ2n) is 3.82. The molecule has 16 heavy (non-hydrogen) atoms. The van der Waals surface area contributed by atoms with Crippen molar-refractivity contribution in [1.29, 1.82) is 0 Å². The fourth-order valence-electron chi connectivity index (χ4n) is 1.97. The number of aromatic nitrogens is 4. The van der Waals surface area contributed by atoms with E-state index >= 15 is 0 Å². The lowest BCUT2D eigenvalue weighted by Crippen LogP contribution is -1.98. The molecular formula is C12H12N4. The summed E-state index contributed by atoms with van der Waals surface area (Å²) in [6.07, 6.45) is 3.75. The van der Waals surface area contributed by atoms with Crippen molar-refractivity contribution in [3.05, 3.63) is 36.3 Å². The van der Waals surface area contributed by atoms with Crippen molar-refractivity contribution >= 4 is 16.7 Å². The average Bonchev–Trinajstić information content (AvgIpc) is 2.79. The third-order valence-corrected chi connectivity index (χ3v) is 2.69. The minimum absolute atomic E-state index is 0.876. The summed E-state index contributed by atoms with van der Waals surface area (Å²) >= 11 is 0. The average molecular weight is 212 g/mol. The van der Waals surface area contributed by atoms with Gasteiger partial charge in [-0.2, -0.15) is 0 Å². The first-order valence-corrected chi connectivity index (χ1v) is 5.47. The van der Waals surface area contributed by atoms with E-state index in [4.69, 9.17) is 0 Å². The van der Waals surface area contributed by atoms with Crippen LogP contribution in [0.1, 0.15) is 19.0 Å². The maximum absolute atomic E-state index is 4.64. The van der Waals surface area contributed by atoms with Gasteiger partial charge in [-0.15, -0.1) is 10.2 Å². The molecule has 2 heterocycles. The summed E-state index contributed by atoms with van der Waals surface area (Å²) in [5, 5.41) is 8.11. The minimum Gasteiger partial charge on any atom is -0.278 e. The molecule has 0 amide bonds. The Morgan fingerprint density at radius 2 is 2.12 bits per heavy atom. The van der Waals surface area contributed by atoms with E-state index in [1.54, 1.807) is 6.33 Å². The number of nitrogens with zero attached hydrogens (tertiary/aromatic N) is 4. The molecule has 0 aliphatic rings. The molecule has 4 heteroatoms. The Balaban J connectivity index is 2.43. The molecular weight excluding hydrogens is 200 g/mol. The normalized spacial score (nSPS) is 11.3. The molecule has 0 saturated heterocycles. The molecule has 4 nitrogen and oxygen atoms in total. The van der Waals surface area contributed by atoms with E-state index in [9.17, 15) is 0 Å². The first kappa shape index (κ1) is 9.27. The number of hydrogen-bond acceptors (Lipinski definition) is 3. The number of rotatable bonds is 2. The Kier molecular flexibility index (Phi) is 2.06. The number of para-hydroxylation sites is 2. The van der Waals surface area contributed by atoms with Gasteiger partial charge in [0.2, 0.25) is 0 Å². The standard InChI is InChI=1S/C12H12N4/c1-2-5-10-12-15-13-8-16(12)11-7-4-3-6-9(11)14-10/h3-4,6-8H,2,5H2,1H3. The molecule has 0 spiro atoms. The highest BCUT2D eigenvalue weighted by molar-refractivity contribution is 5.78. The van der Waals surface area contributed by atoms with E-state index in [2.05, 4.69) is 22.1 Å². The van der Waals surface area contributed by atoms with E-state index in [0.29, 0.717) is 0 Å². The van der Waals surface area contributed by atoms with Gasteiger partial charge in [0.25, 0.3) is 0 Å². The van der Waals surface area contributed by atoms with Gasteiger partial charge in [-0.3, -0.25) is 4.40 Å². The second kappa shape index (κ2) is 3.56. The van der Waals surface area contributed by atoms with Gasteiger partial charge in [0.15, 0.2) is 5.65 Å². The van der Waals surface area contributed by atoms with Crippen molar-refractivity contribution in [1.82, 2.24) is 19.6 Å². The van der Waals surface area contributed by atoms with Crippen molar-refractivity contribution in [2.75, 3.05) is 0 Å². The van der Waals surface area contributed by atoms with Crippen LogP contribution in [-0.2, 0) is 6.42 Å². The van der Waals surface area contributed by atoms with E-state index < -0.39 is 0 Å². The third-order valence-electron chi connectivity index (χ3n) is 2.69. The van der Waals surface area contributed by atoms with Gasteiger partial charge in [0.1, 0.15) is 6.33 Å². The highest BCUT2D eigenvalue weighted by Crippen LogP contribution is 2.16. The van der Waals surface area contributed by atoms with Crippen LogP contribution < -0.4 is 0 Å². The van der Waals surface area contributed by atoms with Crippen LogP contribution in [-0.4, -0.2) is 19.6 Å². The summed E-state index contributed by atoms with van der Waals surface area (Å²) in [4.78, 5) is 4.64. The summed E-state index contributed by atoms with van der Waals surface area (Å²) in [5.41, 5.74) is 3.96. The largest absolute Gasteiger partial charge is 0.278 e. The molecule has 0 radical (unpaired) electrons. The van der Waals surface area contributed by atoms with E-state index in [0.717, 1.165) is 35.2 Å². The third kappa shape index (κ3) is 1.26. The lowest BCUT2D eigenvalue weighted by atomic mass is 10.2. The summed E-state index contributed by atoms with van der Waals surface area (Å²) in [7, 11) is 0. The van der Waals surface area contributed by atoms with Crippen LogP contribution >= 0.6 is 0 Å². The SMILES string of the molecule is CCCc1nc2ccccc2n2cnnc12. The van der Waals surface area contributed by atoms with Crippen molar-refractivity contribution in [3.63, 3.8) is 0 Å².